The number of hydrogen-bond donors (Lipinski definition) is 2. The number of hydrogen-bond acceptors (Lipinski definition) is 5. The van der Waals surface area contributed by atoms with Crippen LogP contribution in [-0.2, 0) is 11.3 Å². The number of nitrogens with one attached hydrogen (secondary N) is 1. The van der Waals surface area contributed by atoms with Crippen LogP contribution in [0.5, 0.6) is 0 Å². The number of carbonyl (C=O) groups is 2. The predicted molar refractivity (Wildman–Crippen MR) is 121 cm³/mol. The van der Waals surface area contributed by atoms with E-state index in [2.05, 4.69) is 10.3 Å². The quantitative estimate of drug-likeness (QED) is 0.494. The van der Waals surface area contributed by atoms with Crippen LogP contribution in [0.1, 0.15) is 21.5 Å². The summed E-state index contributed by atoms with van der Waals surface area (Å²) in [5.74, 6) is -1.30. The van der Waals surface area contributed by atoms with Gasteiger partial charge in [0.15, 0.2) is 0 Å². The highest BCUT2D eigenvalue weighted by atomic mass is 32.1. The van der Waals surface area contributed by atoms with Gasteiger partial charge in [0.1, 0.15) is 17.2 Å². The highest BCUT2D eigenvalue weighted by Gasteiger charge is 2.21. The van der Waals surface area contributed by atoms with Crippen LogP contribution in [0, 0.1) is 13.8 Å². The Kier molecular flexibility index (Phi) is 5.39. The van der Waals surface area contributed by atoms with Crippen molar-refractivity contribution in [3.63, 3.8) is 0 Å². The zero-order chi connectivity index (χ0) is 22.1. The zero-order valence-corrected chi connectivity index (χ0v) is 17.7. The van der Waals surface area contributed by atoms with Gasteiger partial charge >= 0.3 is 5.97 Å². The summed E-state index contributed by atoms with van der Waals surface area (Å²) in [5, 5.41) is 13.7. The van der Waals surface area contributed by atoms with Gasteiger partial charge in [-0.05, 0) is 37.1 Å². The van der Waals surface area contributed by atoms with Gasteiger partial charge in [-0.2, -0.15) is 0 Å². The molecule has 4 aromatic rings. The first kappa shape index (κ1) is 20.5. The average Bonchev–Trinajstić information content (AvgIpc) is 3.18. The van der Waals surface area contributed by atoms with Crippen molar-refractivity contribution in [2.45, 2.75) is 20.4 Å². The predicted octanol–water partition coefficient (Wildman–Crippen LogP) is 4.08. The molecule has 31 heavy (non-hydrogen) atoms. The van der Waals surface area contributed by atoms with E-state index in [0.717, 1.165) is 22.5 Å². The number of carbonyl (C=O) groups excluding carboxylic acids is 1. The molecule has 2 aromatic carbocycles. The summed E-state index contributed by atoms with van der Waals surface area (Å²) in [5.41, 5.74) is 2.75. The molecule has 4 rings (SSSR count). The Morgan fingerprint density at radius 3 is 2.52 bits per heavy atom. The Hall–Kier alpha value is -3.78. The van der Waals surface area contributed by atoms with Crippen LogP contribution < -0.4 is 10.9 Å². The van der Waals surface area contributed by atoms with Crippen LogP contribution in [0.25, 0.3) is 21.6 Å². The molecule has 0 saturated carbocycles. The van der Waals surface area contributed by atoms with Crippen molar-refractivity contribution in [2.24, 2.45) is 0 Å². The van der Waals surface area contributed by atoms with E-state index in [4.69, 9.17) is 0 Å². The fraction of sp³-hybridized carbons (Fsp3) is 0.130. The number of nitrogens with zero attached hydrogens (tertiary/aromatic N) is 2. The highest BCUT2D eigenvalue weighted by molar-refractivity contribution is 7.17. The first-order chi connectivity index (χ1) is 14.8. The number of rotatable bonds is 5. The lowest BCUT2D eigenvalue weighted by molar-refractivity contribution is -0.116. The highest BCUT2D eigenvalue weighted by Crippen LogP contribution is 2.25. The zero-order valence-electron chi connectivity index (χ0n) is 16.9. The molecule has 2 N–H and O–H groups in total. The number of amides is 1. The molecule has 0 aliphatic carbocycles. The molecule has 0 aliphatic heterocycles. The lowest BCUT2D eigenvalue weighted by Gasteiger charge is -2.13. The number of fused-ring (bicyclic) bond motifs is 1. The second-order valence-electron chi connectivity index (χ2n) is 7.17. The Labute approximate surface area is 181 Å². The number of aromatic carboxylic acids is 1. The molecule has 0 fully saturated rings. The normalized spacial score (nSPS) is 10.9. The second kappa shape index (κ2) is 8.16. The Morgan fingerprint density at radius 2 is 1.84 bits per heavy atom. The van der Waals surface area contributed by atoms with Gasteiger partial charge in [-0.3, -0.25) is 14.2 Å². The maximum Gasteiger partial charge on any atom is 0.337 e. The summed E-state index contributed by atoms with van der Waals surface area (Å²) < 4.78 is 1.23. The molecule has 2 aromatic heterocycles. The molecule has 0 spiro atoms. The largest absolute Gasteiger partial charge is 0.478 e. The monoisotopic (exact) mass is 433 g/mol. The standard InChI is InChI=1S/C23H19N3O4S/c1-13-8-9-16(10-14(13)2)24-18(27)11-26-20(15-6-4-3-5-7-15)25-21-19(22(26)28)17(12-31-21)23(29)30/h3-10,12H,11H2,1-2H3,(H,24,27)(H,29,30). The Balaban J connectivity index is 1.80. The molecule has 2 heterocycles. The molecule has 1 amide bonds. The van der Waals surface area contributed by atoms with E-state index in [1.165, 1.54) is 9.95 Å². The van der Waals surface area contributed by atoms with Crippen LogP contribution in [0.2, 0.25) is 0 Å². The van der Waals surface area contributed by atoms with Gasteiger partial charge in [0.2, 0.25) is 5.91 Å². The van der Waals surface area contributed by atoms with E-state index >= 15 is 0 Å². The molecule has 156 valence electrons. The van der Waals surface area contributed by atoms with Crippen molar-refractivity contribution < 1.29 is 14.7 Å². The number of aromatic nitrogens is 2. The lowest BCUT2D eigenvalue weighted by Crippen LogP contribution is -2.30. The summed E-state index contributed by atoms with van der Waals surface area (Å²) in [4.78, 5) is 42.5. The molecule has 0 radical (unpaired) electrons. The van der Waals surface area contributed by atoms with Crippen LogP contribution in [-0.4, -0.2) is 26.5 Å². The van der Waals surface area contributed by atoms with Gasteiger partial charge in [0.05, 0.1) is 10.9 Å². The van der Waals surface area contributed by atoms with Gasteiger partial charge < -0.3 is 10.4 Å². The first-order valence-corrected chi connectivity index (χ1v) is 10.4. The summed E-state index contributed by atoms with van der Waals surface area (Å²) in [7, 11) is 0. The van der Waals surface area contributed by atoms with Crippen molar-refractivity contribution in [3.05, 3.63) is 81.0 Å². The maximum atomic E-state index is 13.3. The Morgan fingerprint density at radius 1 is 1.10 bits per heavy atom. The minimum atomic E-state index is -1.20. The van der Waals surface area contributed by atoms with Gasteiger partial charge in [-0.25, -0.2) is 9.78 Å². The maximum absolute atomic E-state index is 13.3. The van der Waals surface area contributed by atoms with E-state index in [1.54, 1.807) is 18.2 Å². The fourth-order valence-electron chi connectivity index (χ4n) is 3.30. The molecular formula is C23H19N3O4S. The van der Waals surface area contributed by atoms with E-state index in [-0.39, 0.29) is 17.5 Å². The lowest BCUT2D eigenvalue weighted by atomic mass is 10.1. The third-order valence-corrected chi connectivity index (χ3v) is 5.92. The molecule has 0 aliphatic rings. The topological polar surface area (TPSA) is 101 Å². The van der Waals surface area contributed by atoms with E-state index < -0.39 is 17.4 Å². The smallest absolute Gasteiger partial charge is 0.337 e. The number of aryl methyl sites for hydroxylation is 2. The molecular weight excluding hydrogens is 414 g/mol. The summed E-state index contributed by atoms with van der Waals surface area (Å²) in [6.07, 6.45) is 0. The van der Waals surface area contributed by atoms with Gasteiger partial charge in [-0.1, -0.05) is 36.4 Å². The van der Waals surface area contributed by atoms with Crippen molar-refractivity contribution in [1.29, 1.82) is 0 Å². The van der Waals surface area contributed by atoms with Gasteiger partial charge in [0.25, 0.3) is 5.56 Å². The molecule has 0 saturated heterocycles. The van der Waals surface area contributed by atoms with E-state index in [1.807, 2.05) is 44.2 Å². The minimum Gasteiger partial charge on any atom is -0.478 e. The molecule has 0 atom stereocenters. The Bertz CT molecular complexity index is 1370. The number of benzene rings is 2. The van der Waals surface area contributed by atoms with Crippen LogP contribution in [0.4, 0.5) is 5.69 Å². The molecule has 0 bridgehead atoms. The SMILES string of the molecule is Cc1ccc(NC(=O)Cn2c(-c3ccccc3)nc3scc(C(=O)O)c3c2=O)cc1C. The van der Waals surface area contributed by atoms with Crippen molar-refractivity contribution in [3.8, 4) is 11.4 Å². The van der Waals surface area contributed by atoms with Gasteiger partial charge in [0, 0.05) is 16.6 Å². The minimum absolute atomic E-state index is 0.0103. The molecule has 0 unspecified atom stereocenters. The van der Waals surface area contributed by atoms with Crippen molar-refractivity contribution in [2.75, 3.05) is 5.32 Å². The number of carboxylic acid groups (broad SMARTS) is 1. The van der Waals surface area contributed by atoms with E-state index in [9.17, 15) is 19.5 Å². The van der Waals surface area contributed by atoms with E-state index in [0.29, 0.717) is 21.9 Å². The summed E-state index contributed by atoms with van der Waals surface area (Å²) in [6, 6.07) is 14.6. The second-order valence-corrected chi connectivity index (χ2v) is 8.03. The fourth-order valence-corrected chi connectivity index (χ4v) is 4.20. The molecule has 7 nitrogen and oxygen atoms in total. The van der Waals surface area contributed by atoms with Crippen molar-refractivity contribution in [1.82, 2.24) is 9.55 Å². The van der Waals surface area contributed by atoms with Crippen molar-refractivity contribution >= 4 is 39.1 Å². The third kappa shape index (κ3) is 3.97. The number of carboxylic acids is 1. The third-order valence-electron chi connectivity index (χ3n) is 5.05. The summed E-state index contributed by atoms with van der Waals surface area (Å²) >= 11 is 1.09. The average molecular weight is 433 g/mol. The van der Waals surface area contributed by atoms with Crippen LogP contribution in [0.3, 0.4) is 0 Å². The molecule has 8 heteroatoms. The summed E-state index contributed by atoms with van der Waals surface area (Å²) in [6.45, 7) is 3.63. The van der Waals surface area contributed by atoms with Crippen LogP contribution in [0.15, 0.2) is 58.7 Å². The first-order valence-electron chi connectivity index (χ1n) is 9.53. The van der Waals surface area contributed by atoms with Crippen LogP contribution >= 0.6 is 11.3 Å². The van der Waals surface area contributed by atoms with Gasteiger partial charge in [-0.15, -0.1) is 11.3 Å². The number of anilines is 1. The number of thiophene rings is 1.